The summed E-state index contributed by atoms with van der Waals surface area (Å²) in [6, 6.07) is 5.89. The number of nitriles is 1. The highest BCUT2D eigenvalue weighted by Gasteiger charge is 2.08. The van der Waals surface area contributed by atoms with E-state index in [9.17, 15) is 4.79 Å². The summed E-state index contributed by atoms with van der Waals surface area (Å²) in [5.41, 5.74) is 0. The smallest absolute Gasteiger partial charge is 0.236 e. The van der Waals surface area contributed by atoms with Gasteiger partial charge in [0.1, 0.15) is 6.42 Å². The van der Waals surface area contributed by atoms with Crippen LogP contribution < -0.4 is 0 Å². The number of rotatable bonds is 4. The molecular weight excluding hydrogens is 276 g/mol. The highest BCUT2D eigenvalue weighted by molar-refractivity contribution is 9.11. The second-order valence-electron chi connectivity index (χ2n) is 3.11. The molecule has 1 amide bonds. The van der Waals surface area contributed by atoms with Gasteiger partial charge in [0.25, 0.3) is 0 Å². The van der Waals surface area contributed by atoms with E-state index >= 15 is 0 Å². The molecule has 0 aliphatic rings. The van der Waals surface area contributed by atoms with Crippen molar-refractivity contribution >= 4 is 33.2 Å². The molecule has 0 aliphatic heterocycles. The average Bonchev–Trinajstić information content (AvgIpc) is 2.61. The molecule has 0 aliphatic carbocycles. The van der Waals surface area contributed by atoms with Crippen molar-refractivity contribution < 1.29 is 4.79 Å². The van der Waals surface area contributed by atoms with E-state index in [1.54, 1.807) is 23.3 Å². The van der Waals surface area contributed by atoms with E-state index < -0.39 is 0 Å². The van der Waals surface area contributed by atoms with Gasteiger partial charge in [-0.25, -0.2) is 0 Å². The summed E-state index contributed by atoms with van der Waals surface area (Å²) in [5.74, 6) is -0.117. The lowest BCUT2D eigenvalue weighted by molar-refractivity contribution is -0.128. The van der Waals surface area contributed by atoms with Crippen LogP contribution in [0.2, 0.25) is 0 Å². The van der Waals surface area contributed by atoms with Gasteiger partial charge in [0.15, 0.2) is 0 Å². The Morgan fingerprint density at radius 3 is 2.93 bits per heavy atom. The molecular formula is C10H11BrN2OS. The summed E-state index contributed by atoms with van der Waals surface area (Å²) in [6.07, 6.45) is 0.800. The fourth-order valence-electron chi connectivity index (χ4n) is 1.09. The van der Waals surface area contributed by atoms with Crippen molar-refractivity contribution in [3.63, 3.8) is 0 Å². The number of carbonyl (C=O) groups excluding carboxylic acids is 1. The zero-order chi connectivity index (χ0) is 11.3. The molecule has 0 spiro atoms. The van der Waals surface area contributed by atoms with Crippen molar-refractivity contribution in [3.05, 3.63) is 20.8 Å². The minimum absolute atomic E-state index is 0.0371. The Kier molecular flexibility index (Phi) is 4.79. The van der Waals surface area contributed by atoms with Gasteiger partial charge in [0, 0.05) is 18.5 Å². The molecule has 5 heteroatoms. The predicted octanol–water partition coefficient (Wildman–Crippen LogP) is 2.43. The zero-order valence-electron chi connectivity index (χ0n) is 8.36. The highest BCUT2D eigenvalue weighted by atomic mass is 79.9. The minimum atomic E-state index is -0.117. The first-order valence-corrected chi connectivity index (χ1v) is 6.09. The van der Waals surface area contributed by atoms with E-state index in [4.69, 9.17) is 5.26 Å². The molecule has 3 nitrogen and oxygen atoms in total. The highest BCUT2D eigenvalue weighted by Crippen LogP contribution is 2.22. The van der Waals surface area contributed by atoms with Crippen LogP contribution in [0.1, 0.15) is 11.3 Å². The Hall–Kier alpha value is -0.860. The van der Waals surface area contributed by atoms with Crippen LogP contribution in [-0.2, 0) is 11.2 Å². The van der Waals surface area contributed by atoms with E-state index in [1.807, 2.05) is 18.2 Å². The van der Waals surface area contributed by atoms with Crippen molar-refractivity contribution in [2.75, 3.05) is 13.6 Å². The second-order valence-corrected chi connectivity index (χ2v) is 5.65. The van der Waals surface area contributed by atoms with Crippen LogP contribution in [0.5, 0.6) is 0 Å². The lowest BCUT2D eigenvalue weighted by atomic mass is 10.3. The first kappa shape index (κ1) is 12.2. The summed E-state index contributed by atoms with van der Waals surface area (Å²) in [6.45, 7) is 0.660. The van der Waals surface area contributed by atoms with Gasteiger partial charge >= 0.3 is 0 Å². The van der Waals surface area contributed by atoms with Gasteiger partial charge in [-0.2, -0.15) is 5.26 Å². The van der Waals surface area contributed by atoms with Crippen LogP contribution in [0.15, 0.2) is 15.9 Å². The Morgan fingerprint density at radius 2 is 2.40 bits per heavy atom. The number of nitrogens with zero attached hydrogens (tertiary/aromatic N) is 2. The molecule has 0 saturated carbocycles. The van der Waals surface area contributed by atoms with E-state index in [1.165, 1.54) is 4.88 Å². The number of amides is 1. The molecule has 0 fully saturated rings. The predicted molar refractivity (Wildman–Crippen MR) is 63.6 cm³/mol. The molecule has 80 valence electrons. The van der Waals surface area contributed by atoms with Gasteiger partial charge in [-0.3, -0.25) is 4.79 Å². The van der Waals surface area contributed by atoms with E-state index in [2.05, 4.69) is 15.9 Å². The van der Waals surface area contributed by atoms with Gasteiger partial charge in [0.05, 0.1) is 9.86 Å². The number of halogens is 1. The molecule has 0 saturated heterocycles. The van der Waals surface area contributed by atoms with Crippen LogP contribution in [0.3, 0.4) is 0 Å². The Bertz CT molecular complexity index is 383. The van der Waals surface area contributed by atoms with Crippen LogP contribution in [-0.4, -0.2) is 24.4 Å². The molecule has 0 atom stereocenters. The summed E-state index contributed by atoms with van der Waals surface area (Å²) >= 11 is 5.06. The summed E-state index contributed by atoms with van der Waals surface area (Å²) in [5, 5.41) is 8.37. The van der Waals surface area contributed by atoms with Crippen molar-refractivity contribution in [1.29, 1.82) is 5.26 Å². The summed E-state index contributed by atoms with van der Waals surface area (Å²) in [4.78, 5) is 14.1. The molecule has 0 N–H and O–H groups in total. The van der Waals surface area contributed by atoms with Crippen LogP contribution in [0.25, 0.3) is 0 Å². The minimum Gasteiger partial charge on any atom is -0.345 e. The molecule has 1 heterocycles. The fraction of sp³-hybridized carbons (Fsp3) is 0.400. The monoisotopic (exact) mass is 286 g/mol. The van der Waals surface area contributed by atoms with Gasteiger partial charge in [-0.15, -0.1) is 11.3 Å². The first-order valence-electron chi connectivity index (χ1n) is 4.48. The van der Waals surface area contributed by atoms with Crippen LogP contribution in [0.4, 0.5) is 0 Å². The van der Waals surface area contributed by atoms with Crippen molar-refractivity contribution in [2.45, 2.75) is 12.8 Å². The maximum atomic E-state index is 11.3. The van der Waals surface area contributed by atoms with Crippen LogP contribution in [0, 0.1) is 11.3 Å². The summed E-state index contributed by atoms with van der Waals surface area (Å²) in [7, 11) is 1.72. The molecule has 0 bridgehead atoms. The Balaban J connectivity index is 2.37. The Labute approximate surface area is 101 Å². The fourth-order valence-corrected chi connectivity index (χ4v) is 2.56. The van der Waals surface area contributed by atoms with E-state index in [-0.39, 0.29) is 12.3 Å². The number of likely N-dealkylation sites (N-methyl/N-ethyl adjacent to an activating group) is 1. The van der Waals surface area contributed by atoms with Gasteiger partial charge < -0.3 is 4.90 Å². The maximum Gasteiger partial charge on any atom is 0.236 e. The molecule has 15 heavy (non-hydrogen) atoms. The van der Waals surface area contributed by atoms with Crippen LogP contribution >= 0.6 is 27.3 Å². The lowest BCUT2D eigenvalue weighted by Crippen LogP contribution is -2.28. The van der Waals surface area contributed by atoms with Gasteiger partial charge in [-0.05, 0) is 34.5 Å². The number of hydrogen-bond acceptors (Lipinski definition) is 3. The van der Waals surface area contributed by atoms with E-state index in [0.29, 0.717) is 6.54 Å². The SMILES string of the molecule is CN(CCc1ccc(Br)s1)C(=O)CC#N. The number of hydrogen-bond donors (Lipinski definition) is 0. The third-order valence-corrected chi connectivity index (χ3v) is 3.66. The molecule has 0 radical (unpaired) electrons. The van der Waals surface area contributed by atoms with Gasteiger partial charge in [-0.1, -0.05) is 0 Å². The van der Waals surface area contributed by atoms with Crippen molar-refractivity contribution in [2.24, 2.45) is 0 Å². The third-order valence-electron chi connectivity index (χ3n) is 1.98. The summed E-state index contributed by atoms with van der Waals surface area (Å²) < 4.78 is 1.10. The lowest BCUT2D eigenvalue weighted by Gasteiger charge is -2.14. The molecule has 0 aromatic carbocycles. The van der Waals surface area contributed by atoms with Crippen molar-refractivity contribution in [1.82, 2.24) is 4.90 Å². The standard InChI is InChI=1S/C10H11BrN2OS/c1-13(10(14)4-6-12)7-5-8-2-3-9(11)15-8/h2-3H,4-5,7H2,1H3. The first-order chi connectivity index (χ1) is 7.13. The molecule has 1 rings (SSSR count). The Morgan fingerprint density at radius 1 is 1.67 bits per heavy atom. The maximum absolute atomic E-state index is 11.3. The molecule has 1 aromatic heterocycles. The van der Waals surface area contributed by atoms with Gasteiger partial charge in [0.2, 0.25) is 5.91 Å². The van der Waals surface area contributed by atoms with E-state index in [0.717, 1.165) is 10.2 Å². The molecule has 1 aromatic rings. The number of thiophene rings is 1. The quantitative estimate of drug-likeness (QED) is 0.853. The normalized spacial score (nSPS) is 9.67. The molecule has 0 unspecified atom stereocenters. The van der Waals surface area contributed by atoms with Crippen molar-refractivity contribution in [3.8, 4) is 6.07 Å². The number of carbonyl (C=O) groups is 1. The zero-order valence-corrected chi connectivity index (χ0v) is 10.8. The second kappa shape index (κ2) is 5.89. The topological polar surface area (TPSA) is 44.1 Å². The third kappa shape index (κ3) is 4.02. The average molecular weight is 287 g/mol. The largest absolute Gasteiger partial charge is 0.345 e.